The second kappa shape index (κ2) is 4.78. The van der Waals surface area contributed by atoms with E-state index in [0.717, 1.165) is 5.56 Å². The number of allylic oxidation sites excluding steroid dienone is 1. The molecule has 88 valence electrons. The highest BCUT2D eigenvalue weighted by atomic mass is 35.5. The summed E-state index contributed by atoms with van der Waals surface area (Å²) in [7, 11) is 0. The minimum absolute atomic E-state index is 0.0254. The Hall–Kier alpha value is -1.16. The Bertz CT molecular complexity index is 387. The highest BCUT2D eigenvalue weighted by molar-refractivity contribution is 6.32. The Balaban J connectivity index is 2.96. The van der Waals surface area contributed by atoms with Crippen molar-refractivity contribution in [2.75, 3.05) is 0 Å². The van der Waals surface area contributed by atoms with Crippen molar-refractivity contribution in [3.63, 3.8) is 0 Å². The molecule has 0 N–H and O–H groups in total. The average molecular weight is 251 g/mol. The molecule has 5 heteroatoms. The molecule has 0 heterocycles. The Morgan fingerprint density at radius 3 is 2.50 bits per heavy atom. The van der Waals surface area contributed by atoms with Crippen LogP contribution in [0, 0.1) is 0 Å². The molecule has 0 aliphatic carbocycles. The molecule has 0 radical (unpaired) electrons. The maximum atomic E-state index is 11.9. The van der Waals surface area contributed by atoms with E-state index in [1.165, 1.54) is 18.2 Å². The van der Waals surface area contributed by atoms with Gasteiger partial charge in [-0.2, -0.15) is 0 Å². The summed E-state index contributed by atoms with van der Waals surface area (Å²) in [4.78, 5) is 0. The lowest BCUT2D eigenvalue weighted by Gasteiger charge is -2.12. The van der Waals surface area contributed by atoms with Gasteiger partial charge in [0.05, 0.1) is 5.02 Å². The van der Waals surface area contributed by atoms with Gasteiger partial charge in [-0.05, 0) is 23.6 Å². The average Bonchev–Trinajstić information content (AvgIpc) is 2.18. The van der Waals surface area contributed by atoms with E-state index >= 15 is 0 Å². The van der Waals surface area contributed by atoms with E-state index in [4.69, 9.17) is 11.6 Å². The highest BCUT2D eigenvalue weighted by Crippen LogP contribution is 2.32. The van der Waals surface area contributed by atoms with Crippen LogP contribution in [0.3, 0.4) is 0 Å². The van der Waals surface area contributed by atoms with Gasteiger partial charge in [-0.1, -0.05) is 30.7 Å². The van der Waals surface area contributed by atoms with Crippen molar-refractivity contribution in [2.45, 2.75) is 19.2 Å². The highest BCUT2D eigenvalue weighted by Gasteiger charge is 2.32. The van der Waals surface area contributed by atoms with E-state index in [1.54, 1.807) is 6.08 Å². The lowest BCUT2D eigenvalue weighted by atomic mass is 10.0. The van der Waals surface area contributed by atoms with Crippen LogP contribution in [0.5, 0.6) is 5.75 Å². The number of hydrogen-bond donors (Lipinski definition) is 0. The Morgan fingerprint density at radius 1 is 1.44 bits per heavy atom. The molecule has 0 aliphatic rings. The summed E-state index contributed by atoms with van der Waals surface area (Å²) >= 11 is 5.68. The molecule has 0 bridgehead atoms. The fraction of sp³-hybridized carbons (Fsp3) is 0.273. The topological polar surface area (TPSA) is 9.23 Å². The molecule has 1 aromatic carbocycles. The monoisotopic (exact) mass is 250 g/mol. The summed E-state index contributed by atoms with van der Waals surface area (Å²) < 4.78 is 39.6. The molecule has 0 saturated carbocycles. The molecular weight excluding hydrogens is 241 g/mol. The van der Waals surface area contributed by atoms with Crippen molar-refractivity contribution in [3.05, 3.63) is 41.4 Å². The van der Waals surface area contributed by atoms with Gasteiger partial charge < -0.3 is 4.74 Å². The predicted octanol–water partition coefficient (Wildman–Crippen LogP) is 4.53. The number of alkyl halides is 3. The summed E-state index contributed by atoms with van der Waals surface area (Å²) in [5.74, 6) is -0.369. The van der Waals surface area contributed by atoms with E-state index in [-0.39, 0.29) is 10.9 Å². The van der Waals surface area contributed by atoms with Gasteiger partial charge >= 0.3 is 6.36 Å². The fourth-order valence-corrected chi connectivity index (χ4v) is 1.37. The fourth-order valence-electron chi connectivity index (χ4n) is 1.14. The third kappa shape index (κ3) is 3.45. The number of halogens is 4. The summed E-state index contributed by atoms with van der Waals surface area (Å²) in [6, 6.07) is 4.17. The predicted molar refractivity (Wildman–Crippen MR) is 56.7 cm³/mol. The van der Waals surface area contributed by atoms with Gasteiger partial charge in [0.25, 0.3) is 0 Å². The van der Waals surface area contributed by atoms with Crippen LogP contribution in [-0.4, -0.2) is 6.36 Å². The number of rotatable bonds is 3. The van der Waals surface area contributed by atoms with Gasteiger partial charge in [-0.15, -0.1) is 19.8 Å². The van der Waals surface area contributed by atoms with E-state index in [2.05, 4.69) is 11.3 Å². The van der Waals surface area contributed by atoms with Gasteiger partial charge in [0.15, 0.2) is 0 Å². The van der Waals surface area contributed by atoms with Crippen molar-refractivity contribution < 1.29 is 17.9 Å². The maximum absolute atomic E-state index is 11.9. The summed E-state index contributed by atoms with van der Waals surface area (Å²) in [5, 5.41) is -0.0662. The lowest BCUT2D eigenvalue weighted by Crippen LogP contribution is -2.17. The molecule has 0 spiro atoms. The van der Waals surface area contributed by atoms with Crippen molar-refractivity contribution in [1.82, 2.24) is 0 Å². The van der Waals surface area contributed by atoms with Crippen molar-refractivity contribution in [1.29, 1.82) is 0 Å². The zero-order valence-electron chi connectivity index (χ0n) is 8.51. The Kier molecular flexibility index (Phi) is 3.86. The van der Waals surface area contributed by atoms with Gasteiger partial charge in [0.2, 0.25) is 0 Å². The van der Waals surface area contributed by atoms with Crippen molar-refractivity contribution in [3.8, 4) is 5.75 Å². The maximum Gasteiger partial charge on any atom is 0.573 e. The first kappa shape index (κ1) is 12.9. The van der Waals surface area contributed by atoms with Crippen molar-refractivity contribution in [2.24, 2.45) is 0 Å². The molecule has 1 nitrogen and oxygen atoms in total. The summed E-state index contributed by atoms with van der Waals surface area (Å²) in [6.07, 6.45) is -3.05. The SMILES string of the molecule is C=CC(C)c1ccc(OC(F)(F)F)c(Cl)c1. The van der Waals surface area contributed by atoms with Gasteiger partial charge in [-0.25, -0.2) is 0 Å². The van der Waals surface area contributed by atoms with Crippen LogP contribution in [0.25, 0.3) is 0 Å². The number of benzene rings is 1. The van der Waals surface area contributed by atoms with E-state index in [0.29, 0.717) is 0 Å². The van der Waals surface area contributed by atoms with Crippen LogP contribution in [0.4, 0.5) is 13.2 Å². The standard InChI is InChI=1S/C11H10ClF3O/c1-3-7(2)8-4-5-10(9(12)6-8)16-11(13,14)15/h3-7H,1H2,2H3. The van der Waals surface area contributed by atoms with Gasteiger partial charge in [-0.3, -0.25) is 0 Å². The third-order valence-corrected chi connectivity index (χ3v) is 2.36. The van der Waals surface area contributed by atoms with E-state index in [9.17, 15) is 13.2 Å². The molecular formula is C11H10ClF3O. The first-order chi connectivity index (χ1) is 7.33. The van der Waals surface area contributed by atoms with Crippen LogP contribution in [0.2, 0.25) is 5.02 Å². The second-order valence-corrected chi connectivity index (χ2v) is 3.67. The molecule has 16 heavy (non-hydrogen) atoms. The Morgan fingerprint density at radius 2 is 2.06 bits per heavy atom. The lowest BCUT2D eigenvalue weighted by molar-refractivity contribution is -0.274. The number of hydrogen-bond acceptors (Lipinski definition) is 1. The van der Waals surface area contributed by atoms with Crippen LogP contribution in [0.15, 0.2) is 30.9 Å². The summed E-state index contributed by atoms with van der Waals surface area (Å²) in [5.41, 5.74) is 0.787. The normalized spacial score (nSPS) is 13.3. The smallest absolute Gasteiger partial charge is 0.404 e. The van der Waals surface area contributed by atoms with Crippen LogP contribution in [-0.2, 0) is 0 Å². The zero-order valence-corrected chi connectivity index (χ0v) is 9.27. The molecule has 0 aromatic heterocycles. The number of ether oxygens (including phenoxy) is 1. The molecule has 1 unspecified atom stereocenters. The van der Waals surface area contributed by atoms with Gasteiger partial charge in [0.1, 0.15) is 5.75 Å². The Labute approximate surface area is 96.5 Å². The van der Waals surface area contributed by atoms with Crippen molar-refractivity contribution >= 4 is 11.6 Å². The first-order valence-electron chi connectivity index (χ1n) is 4.51. The minimum Gasteiger partial charge on any atom is -0.404 e. The molecule has 1 atom stereocenters. The van der Waals surface area contributed by atoms with E-state index in [1.807, 2.05) is 6.92 Å². The van der Waals surface area contributed by atoms with Crippen LogP contribution in [0.1, 0.15) is 18.4 Å². The van der Waals surface area contributed by atoms with Gasteiger partial charge in [0, 0.05) is 0 Å². The van der Waals surface area contributed by atoms with Crippen LogP contribution >= 0.6 is 11.6 Å². The third-order valence-electron chi connectivity index (χ3n) is 2.06. The summed E-state index contributed by atoms with van der Waals surface area (Å²) in [6.45, 7) is 5.46. The largest absolute Gasteiger partial charge is 0.573 e. The minimum atomic E-state index is -4.73. The second-order valence-electron chi connectivity index (χ2n) is 3.26. The van der Waals surface area contributed by atoms with Crippen LogP contribution < -0.4 is 4.74 Å². The molecule has 1 aromatic rings. The van der Waals surface area contributed by atoms with E-state index < -0.39 is 12.1 Å². The zero-order chi connectivity index (χ0) is 12.3. The molecule has 0 aliphatic heterocycles. The molecule has 1 rings (SSSR count). The first-order valence-corrected chi connectivity index (χ1v) is 4.89. The molecule has 0 fully saturated rings. The quantitative estimate of drug-likeness (QED) is 0.716. The molecule has 0 amide bonds. The molecule has 0 saturated heterocycles.